The molecule has 0 saturated heterocycles. The fourth-order valence-corrected chi connectivity index (χ4v) is 3.47. The third kappa shape index (κ3) is 2.83. The Morgan fingerprint density at radius 1 is 1.30 bits per heavy atom. The van der Waals surface area contributed by atoms with E-state index in [0.29, 0.717) is 30.6 Å². The van der Waals surface area contributed by atoms with Crippen LogP contribution < -0.4 is 0 Å². The van der Waals surface area contributed by atoms with Crippen LogP contribution in [0.2, 0.25) is 0 Å². The van der Waals surface area contributed by atoms with E-state index in [4.69, 9.17) is 14.9 Å². The summed E-state index contributed by atoms with van der Waals surface area (Å²) >= 11 is 3.38. The van der Waals surface area contributed by atoms with Crippen LogP contribution in [0, 0.1) is 11.3 Å². The molecule has 0 aromatic heterocycles. The SMILES string of the molecule is COC(=O)C1C(=N)OC2=C(C(=O)CCC2)C1c1ccc(Br)cc1. The van der Waals surface area contributed by atoms with Crippen LogP contribution in [0.5, 0.6) is 0 Å². The summed E-state index contributed by atoms with van der Waals surface area (Å²) in [5.74, 6) is -1.66. The first kappa shape index (κ1) is 15.9. The van der Waals surface area contributed by atoms with Crippen LogP contribution in [0.15, 0.2) is 40.1 Å². The van der Waals surface area contributed by atoms with Crippen LogP contribution in [-0.4, -0.2) is 24.8 Å². The van der Waals surface area contributed by atoms with Crippen LogP contribution in [0.25, 0.3) is 0 Å². The summed E-state index contributed by atoms with van der Waals surface area (Å²) in [5, 5.41) is 8.11. The van der Waals surface area contributed by atoms with E-state index in [1.807, 2.05) is 24.3 Å². The van der Waals surface area contributed by atoms with E-state index >= 15 is 0 Å². The van der Waals surface area contributed by atoms with Gasteiger partial charge in [-0.2, -0.15) is 0 Å². The molecule has 6 heteroatoms. The highest BCUT2D eigenvalue weighted by Crippen LogP contribution is 2.44. The Hall–Kier alpha value is -1.95. The zero-order valence-corrected chi connectivity index (χ0v) is 14.2. The monoisotopic (exact) mass is 377 g/mol. The molecular weight excluding hydrogens is 362 g/mol. The van der Waals surface area contributed by atoms with Crippen LogP contribution in [0.3, 0.4) is 0 Å². The molecule has 2 atom stereocenters. The molecule has 1 aromatic rings. The third-order valence-electron chi connectivity index (χ3n) is 4.25. The van der Waals surface area contributed by atoms with Gasteiger partial charge in [-0.15, -0.1) is 0 Å². The largest absolute Gasteiger partial charge is 0.468 e. The molecule has 0 bridgehead atoms. The topological polar surface area (TPSA) is 76.5 Å². The Balaban J connectivity index is 2.16. The highest BCUT2D eigenvalue weighted by Gasteiger charge is 2.46. The first-order chi connectivity index (χ1) is 11.0. The van der Waals surface area contributed by atoms with E-state index < -0.39 is 17.8 Å². The average Bonchev–Trinajstić information content (AvgIpc) is 2.54. The second-order valence-corrected chi connectivity index (χ2v) is 6.53. The number of rotatable bonds is 2. The summed E-state index contributed by atoms with van der Waals surface area (Å²) in [6.07, 6.45) is 1.77. The van der Waals surface area contributed by atoms with Gasteiger partial charge in [0.25, 0.3) is 0 Å². The number of carbonyl (C=O) groups is 2. The molecule has 0 spiro atoms. The number of ketones is 1. The number of benzene rings is 1. The van der Waals surface area contributed by atoms with Gasteiger partial charge in [-0.05, 0) is 24.1 Å². The van der Waals surface area contributed by atoms with Gasteiger partial charge in [0, 0.05) is 28.8 Å². The van der Waals surface area contributed by atoms with E-state index in [2.05, 4.69) is 15.9 Å². The minimum atomic E-state index is -0.929. The predicted molar refractivity (Wildman–Crippen MR) is 87.1 cm³/mol. The molecule has 2 aliphatic rings. The summed E-state index contributed by atoms with van der Waals surface area (Å²) in [4.78, 5) is 24.7. The number of Topliss-reactive ketones (excluding diaryl/α,β-unsaturated/α-hetero) is 1. The molecule has 1 N–H and O–H groups in total. The van der Waals surface area contributed by atoms with E-state index in [0.717, 1.165) is 10.0 Å². The molecule has 0 amide bonds. The molecule has 0 fully saturated rings. The molecule has 23 heavy (non-hydrogen) atoms. The Bertz CT molecular complexity index is 708. The average molecular weight is 378 g/mol. The molecule has 3 rings (SSSR count). The Morgan fingerprint density at radius 3 is 2.65 bits per heavy atom. The summed E-state index contributed by atoms with van der Waals surface area (Å²) in [7, 11) is 1.28. The first-order valence-electron chi connectivity index (χ1n) is 7.38. The van der Waals surface area contributed by atoms with Gasteiger partial charge in [0.05, 0.1) is 7.11 Å². The normalized spacial score (nSPS) is 24.1. The van der Waals surface area contributed by atoms with Gasteiger partial charge < -0.3 is 9.47 Å². The van der Waals surface area contributed by atoms with E-state index in [1.54, 1.807) is 0 Å². The number of nitrogens with one attached hydrogen (secondary N) is 1. The molecule has 1 aromatic carbocycles. The zero-order valence-electron chi connectivity index (χ0n) is 12.6. The fourth-order valence-electron chi connectivity index (χ4n) is 3.20. The maximum atomic E-state index is 12.5. The highest BCUT2D eigenvalue weighted by molar-refractivity contribution is 9.10. The summed E-state index contributed by atoms with van der Waals surface area (Å²) in [5.41, 5.74) is 1.32. The Kier molecular flexibility index (Phi) is 4.35. The van der Waals surface area contributed by atoms with Gasteiger partial charge in [-0.1, -0.05) is 28.1 Å². The van der Waals surface area contributed by atoms with E-state index in [-0.39, 0.29) is 11.7 Å². The number of carbonyl (C=O) groups excluding carboxylic acids is 2. The number of methoxy groups -OCH3 is 1. The second-order valence-electron chi connectivity index (χ2n) is 5.61. The number of hydrogen-bond acceptors (Lipinski definition) is 5. The van der Waals surface area contributed by atoms with Crippen molar-refractivity contribution in [3.05, 3.63) is 45.6 Å². The van der Waals surface area contributed by atoms with Gasteiger partial charge in [0.15, 0.2) is 5.78 Å². The van der Waals surface area contributed by atoms with Gasteiger partial charge >= 0.3 is 5.97 Å². The molecule has 1 aliphatic carbocycles. The highest BCUT2D eigenvalue weighted by atomic mass is 79.9. The van der Waals surface area contributed by atoms with Gasteiger partial charge in [0.1, 0.15) is 11.7 Å². The summed E-state index contributed by atoms with van der Waals surface area (Å²) < 4.78 is 11.3. The van der Waals surface area contributed by atoms with Crippen molar-refractivity contribution in [2.45, 2.75) is 25.2 Å². The minimum Gasteiger partial charge on any atom is -0.468 e. The number of esters is 1. The maximum Gasteiger partial charge on any atom is 0.319 e. The fraction of sp³-hybridized carbons (Fsp3) is 0.353. The van der Waals surface area contributed by atoms with Crippen LogP contribution in [-0.2, 0) is 19.1 Å². The van der Waals surface area contributed by atoms with Gasteiger partial charge in [-0.25, -0.2) is 0 Å². The molecule has 0 radical (unpaired) electrons. The summed E-state index contributed by atoms with van der Waals surface area (Å²) in [6.45, 7) is 0. The van der Waals surface area contributed by atoms with Crippen molar-refractivity contribution in [2.24, 2.45) is 5.92 Å². The van der Waals surface area contributed by atoms with Crippen LogP contribution in [0.1, 0.15) is 30.7 Å². The minimum absolute atomic E-state index is 0.0134. The predicted octanol–water partition coefficient (Wildman–Crippen LogP) is 3.34. The van der Waals surface area contributed by atoms with Crippen molar-refractivity contribution in [1.82, 2.24) is 0 Å². The lowest BCUT2D eigenvalue weighted by Crippen LogP contribution is -2.40. The van der Waals surface area contributed by atoms with Crippen LogP contribution in [0.4, 0.5) is 0 Å². The third-order valence-corrected chi connectivity index (χ3v) is 4.78. The number of allylic oxidation sites excluding steroid dienone is 2. The molecule has 0 saturated carbocycles. The number of hydrogen-bond donors (Lipinski definition) is 1. The first-order valence-corrected chi connectivity index (χ1v) is 8.18. The lowest BCUT2D eigenvalue weighted by atomic mass is 9.74. The molecule has 1 aliphatic heterocycles. The molecule has 1 heterocycles. The summed E-state index contributed by atoms with van der Waals surface area (Å²) in [6, 6.07) is 7.43. The number of ether oxygens (including phenoxy) is 2. The zero-order chi connectivity index (χ0) is 16.6. The maximum absolute atomic E-state index is 12.5. The standard InChI is InChI=1S/C17H16BrNO4/c1-22-17(21)15-13(9-5-7-10(18)8-6-9)14-11(20)3-2-4-12(14)23-16(15)19/h5-8,13,15,19H,2-4H2,1H3. The van der Waals surface area contributed by atoms with Crippen LogP contribution >= 0.6 is 15.9 Å². The van der Waals surface area contributed by atoms with Crippen molar-refractivity contribution < 1.29 is 19.1 Å². The molecule has 120 valence electrons. The number of halogens is 1. The van der Waals surface area contributed by atoms with E-state index in [1.165, 1.54) is 7.11 Å². The smallest absolute Gasteiger partial charge is 0.319 e. The lowest BCUT2D eigenvalue weighted by molar-refractivity contribution is -0.144. The molecular formula is C17H16BrNO4. The van der Waals surface area contributed by atoms with Gasteiger partial charge in [0.2, 0.25) is 5.90 Å². The van der Waals surface area contributed by atoms with Gasteiger partial charge in [-0.3, -0.25) is 15.0 Å². The van der Waals surface area contributed by atoms with Crippen molar-refractivity contribution >= 4 is 33.6 Å². The Labute approximate surface area is 142 Å². The quantitative estimate of drug-likeness (QED) is 0.801. The van der Waals surface area contributed by atoms with Crippen molar-refractivity contribution in [3.8, 4) is 0 Å². The van der Waals surface area contributed by atoms with Crippen molar-refractivity contribution in [1.29, 1.82) is 5.41 Å². The lowest BCUT2D eigenvalue weighted by Gasteiger charge is -2.35. The molecule has 2 unspecified atom stereocenters. The Morgan fingerprint density at radius 2 is 2.00 bits per heavy atom. The van der Waals surface area contributed by atoms with E-state index in [9.17, 15) is 9.59 Å². The van der Waals surface area contributed by atoms with Crippen molar-refractivity contribution in [3.63, 3.8) is 0 Å². The van der Waals surface area contributed by atoms with Crippen molar-refractivity contribution in [2.75, 3.05) is 7.11 Å². The second kappa shape index (κ2) is 6.28. The molecule has 5 nitrogen and oxygen atoms in total.